The van der Waals surface area contributed by atoms with E-state index >= 15 is 0 Å². The van der Waals surface area contributed by atoms with E-state index in [1.807, 2.05) is 51.7 Å². The Morgan fingerprint density at radius 3 is 2.53 bits per heavy atom. The molecule has 2 aromatic carbocycles. The Labute approximate surface area is 189 Å². The number of hydrogen-bond acceptors (Lipinski definition) is 4. The normalized spacial score (nSPS) is 11.8. The fourth-order valence-electron chi connectivity index (χ4n) is 3.75. The maximum Gasteiger partial charge on any atom is 0.262 e. The number of fused-ring (bicyclic) bond motifs is 1. The smallest absolute Gasteiger partial charge is 0.262 e. The third-order valence-corrected chi connectivity index (χ3v) is 5.59. The summed E-state index contributed by atoms with van der Waals surface area (Å²) in [5, 5.41) is 14.7. The molecule has 0 unspecified atom stereocenters. The van der Waals surface area contributed by atoms with Crippen LogP contribution in [0.25, 0.3) is 27.6 Å². The minimum absolute atomic E-state index is 0.115. The molecule has 0 fully saturated rings. The van der Waals surface area contributed by atoms with Gasteiger partial charge in [-0.05, 0) is 66.1 Å². The molecule has 1 N–H and O–H groups in total. The van der Waals surface area contributed by atoms with E-state index in [9.17, 15) is 10.1 Å². The molecule has 32 heavy (non-hydrogen) atoms. The number of nitriles is 1. The van der Waals surface area contributed by atoms with Crippen molar-refractivity contribution in [1.82, 2.24) is 9.88 Å². The first-order chi connectivity index (χ1) is 15.4. The second-order valence-corrected chi connectivity index (χ2v) is 7.87. The number of nitrogens with one attached hydrogen (secondary N) is 1. The van der Waals surface area contributed by atoms with Crippen LogP contribution >= 0.6 is 0 Å². The van der Waals surface area contributed by atoms with E-state index in [-0.39, 0.29) is 11.5 Å². The predicted molar refractivity (Wildman–Crippen MR) is 130 cm³/mol. The topological polar surface area (TPSA) is 70.3 Å². The summed E-state index contributed by atoms with van der Waals surface area (Å²) in [4.78, 5) is 14.6. The van der Waals surface area contributed by atoms with E-state index in [0.29, 0.717) is 25.3 Å². The maximum absolute atomic E-state index is 12.5. The number of aromatic nitrogens is 1. The number of rotatable bonds is 8. The number of ether oxygens (including phenoxy) is 1. The number of nitrogens with zero attached hydrogens (tertiary/aromatic N) is 3. The van der Waals surface area contributed by atoms with Gasteiger partial charge in [0.1, 0.15) is 11.6 Å². The maximum atomic E-state index is 12.5. The van der Waals surface area contributed by atoms with Crippen molar-refractivity contribution in [2.75, 3.05) is 38.8 Å². The van der Waals surface area contributed by atoms with Crippen LogP contribution in [0.5, 0.6) is 0 Å². The van der Waals surface area contributed by atoms with Crippen LogP contribution in [0, 0.1) is 11.3 Å². The third-order valence-electron chi connectivity index (χ3n) is 5.59. The number of benzene rings is 2. The fourth-order valence-corrected chi connectivity index (χ4v) is 3.75. The second kappa shape index (κ2) is 10.2. The zero-order valence-electron chi connectivity index (χ0n) is 19.4. The minimum Gasteiger partial charge on any atom is -0.380 e. The van der Waals surface area contributed by atoms with Crippen molar-refractivity contribution in [2.45, 2.75) is 13.8 Å². The van der Waals surface area contributed by atoms with Gasteiger partial charge in [-0.3, -0.25) is 4.79 Å². The highest BCUT2D eigenvalue weighted by atomic mass is 16.5. The van der Waals surface area contributed by atoms with Crippen LogP contribution in [0.3, 0.4) is 0 Å². The number of allylic oxidation sites excluding steroid dienone is 1. The van der Waals surface area contributed by atoms with Crippen molar-refractivity contribution < 1.29 is 9.53 Å². The fraction of sp³-hybridized carbons (Fsp3) is 0.308. The highest BCUT2D eigenvalue weighted by Gasteiger charge is 2.17. The molecule has 0 spiro atoms. The molecule has 3 rings (SSSR count). The van der Waals surface area contributed by atoms with Crippen LogP contribution in [0.4, 0.5) is 5.69 Å². The average molecular weight is 431 g/mol. The molecule has 0 aliphatic rings. The minimum atomic E-state index is -0.380. The lowest BCUT2D eigenvalue weighted by Crippen LogP contribution is -2.28. The predicted octanol–water partition coefficient (Wildman–Crippen LogP) is 4.36. The highest BCUT2D eigenvalue weighted by Crippen LogP contribution is 2.30. The third kappa shape index (κ3) is 4.84. The van der Waals surface area contributed by atoms with Gasteiger partial charge in [-0.25, -0.2) is 0 Å². The van der Waals surface area contributed by atoms with Gasteiger partial charge in [0.05, 0.1) is 6.61 Å². The van der Waals surface area contributed by atoms with Gasteiger partial charge in [0.15, 0.2) is 0 Å². The van der Waals surface area contributed by atoms with E-state index in [0.717, 1.165) is 28.0 Å². The molecule has 6 nitrogen and oxygen atoms in total. The zero-order valence-corrected chi connectivity index (χ0v) is 19.4. The summed E-state index contributed by atoms with van der Waals surface area (Å²) in [5.74, 6) is -0.380. The highest BCUT2D eigenvalue weighted by molar-refractivity contribution is 6.04. The molecule has 0 saturated carbocycles. The van der Waals surface area contributed by atoms with E-state index in [1.165, 1.54) is 5.39 Å². The molecule has 1 heterocycles. The molecule has 3 aromatic rings. The van der Waals surface area contributed by atoms with Crippen LogP contribution in [-0.4, -0.2) is 44.3 Å². The Bertz CT molecular complexity index is 1200. The van der Waals surface area contributed by atoms with Gasteiger partial charge in [0.25, 0.3) is 5.91 Å². The number of carbonyl (C=O) groups excluding carboxylic acids is 1. The first-order valence-corrected chi connectivity index (χ1v) is 10.7. The molecular formula is C26H30N4O2. The molecule has 0 aliphatic heterocycles. The quantitative estimate of drug-likeness (QED) is 0.327. The van der Waals surface area contributed by atoms with Gasteiger partial charge in [-0.15, -0.1) is 0 Å². The summed E-state index contributed by atoms with van der Waals surface area (Å²) < 4.78 is 7.27. The summed E-state index contributed by atoms with van der Waals surface area (Å²) >= 11 is 0. The van der Waals surface area contributed by atoms with Crippen LogP contribution < -0.4 is 10.2 Å². The van der Waals surface area contributed by atoms with E-state index < -0.39 is 0 Å². The van der Waals surface area contributed by atoms with Gasteiger partial charge >= 0.3 is 0 Å². The van der Waals surface area contributed by atoms with E-state index in [4.69, 9.17) is 4.74 Å². The monoisotopic (exact) mass is 430 g/mol. The molecule has 1 amide bonds. The largest absolute Gasteiger partial charge is 0.380 e. The SMILES string of the molecule is CCOCCNC(=O)/C(C#N)=C(\C)c1ccc(-c2ccc3cc(N(C)C)ccc3c2)n1C. The lowest BCUT2D eigenvalue weighted by molar-refractivity contribution is -0.117. The molecule has 1 aromatic heterocycles. The molecule has 0 atom stereocenters. The zero-order chi connectivity index (χ0) is 23.3. The summed E-state index contributed by atoms with van der Waals surface area (Å²) in [6, 6.07) is 18.8. The summed E-state index contributed by atoms with van der Waals surface area (Å²) in [6.45, 7) is 5.09. The van der Waals surface area contributed by atoms with Gasteiger partial charge in [-0.2, -0.15) is 5.26 Å². The molecule has 0 bridgehead atoms. The first-order valence-electron chi connectivity index (χ1n) is 10.7. The van der Waals surface area contributed by atoms with E-state index in [2.05, 4.69) is 52.7 Å². The summed E-state index contributed by atoms with van der Waals surface area (Å²) in [7, 11) is 6.02. The average Bonchev–Trinajstić information content (AvgIpc) is 3.17. The number of carbonyl (C=O) groups is 1. The summed E-state index contributed by atoms with van der Waals surface area (Å²) in [5.41, 5.74) is 4.86. The summed E-state index contributed by atoms with van der Waals surface area (Å²) in [6.07, 6.45) is 0. The van der Waals surface area contributed by atoms with Crippen molar-refractivity contribution in [3.05, 3.63) is 59.8 Å². The van der Waals surface area contributed by atoms with Gasteiger partial charge in [-0.1, -0.05) is 18.2 Å². The first kappa shape index (κ1) is 23.1. The van der Waals surface area contributed by atoms with Gasteiger partial charge in [0, 0.05) is 51.4 Å². The van der Waals surface area contributed by atoms with Crippen molar-refractivity contribution in [1.29, 1.82) is 5.26 Å². The van der Waals surface area contributed by atoms with Gasteiger partial charge in [0.2, 0.25) is 0 Å². The van der Waals surface area contributed by atoms with Crippen molar-refractivity contribution >= 4 is 27.9 Å². The Kier molecular flexibility index (Phi) is 7.34. The Morgan fingerprint density at radius 2 is 1.84 bits per heavy atom. The van der Waals surface area contributed by atoms with Crippen LogP contribution in [0.1, 0.15) is 19.5 Å². The molecular weight excluding hydrogens is 400 g/mol. The molecule has 0 radical (unpaired) electrons. The van der Waals surface area contributed by atoms with Crippen molar-refractivity contribution in [2.24, 2.45) is 7.05 Å². The van der Waals surface area contributed by atoms with E-state index in [1.54, 1.807) is 0 Å². The molecule has 0 aliphatic carbocycles. The molecule has 6 heteroatoms. The lowest BCUT2D eigenvalue weighted by Gasteiger charge is -2.14. The lowest BCUT2D eigenvalue weighted by atomic mass is 10.0. The number of anilines is 1. The Morgan fingerprint density at radius 1 is 1.12 bits per heavy atom. The number of hydrogen-bond donors (Lipinski definition) is 1. The van der Waals surface area contributed by atoms with Crippen LogP contribution in [0.15, 0.2) is 54.1 Å². The molecule has 166 valence electrons. The number of amides is 1. The Balaban J connectivity index is 1.91. The standard InChI is InChI=1S/C26H30N4O2/c1-6-32-14-13-28-26(31)23(17-27)18(2)24-11-12-25(30(24)5)21-8-7-20-16-22(29(3)4)10-9-19(20)15-21/h7-12,15-16H,6,13-14H2,1-5H3,(H,28,31)/b23-18+. The Hall–Kier alpha value is -3.56. The van der Waals surface area contributed by atoms with Gasteiger partial charge < -0.3 is 19.5 Å². The van der Waals surface area contributed by atoms with Crippen molar-refractivity contribution in [3.63, 3.8) is 0 Å². The molecule has 0 saturated heterocycles. The van der Waals surface area contributed by atoms with Crippen molar-refractivity contribution in [3.8, 4) is 17.3 Å². The van der Waals surface area contributed by atoms with Crippen LogP contribution in [0.2, 0.25) is 0 Å². The van der Waals surface area contributed by atoms with Crippen LogP contribution in [-0.2, 0) is 16.6 Å². The second-order valence-electron chi connectivity index (χ2n) is 7.87.